The summed E-state index contributed by atoms with van der Waals surface area (Å²) in [4.78, 5) is 13.2. The van der Waals surface area contributed by atoms with Gasteiger partial charge in [-0.15, -0.1) is 0 Å². The Labute approximate surface area is 166 Å². The molecule has 28 heavy (non-hydrogen) atoms. The first-order valence-corrected chi connectivity index (χ1v) is 10.5. The van der Waals surface area contributed by atoms with Crippen LogP contribution in [0.3, 0.4) is 0 Å². The SMILES string of the molecule is CC(C)(C)c1ccc(-c2ncn3c2c(C2CCCCC2)nc2[nH]ccc23)cc1. The Morgan fingerprint density at radius 3 is 2.46 bits per heavy atom. The summed E-state index contributed by atoms with van der Waals surface area (Å²) in [5.74, 6) is 0.522. The maximum Gasteiger partial charge on any atom is 0.154 e. The lowest BCUT2D eigenvalue weighted by molar-refractivity contribution is 0.439. The van der Waals surface area contributed by atoms with E-state index in [2.05, 4.69) is 60.5 Å². The fraction of sp³-hybridized carbons (Fsp3) is 0.417. The highest BCUT2D eigenvalue weighted by atomic mass is 15.1. The van der Waals surface area contributed by atoms with Gasteiger partial charge in [0, 0.05) is 17.7 Å². The molecule has 1 aliphatic carbocycles. The van der Waals surface area contributed by atoms with E-state index in [0.717, 1.165) is 16.9 Å². The molecular formula is C24H28N4. The van der Waals surface area contributed by atoms with E-state index in [1.54, 1.807) is 0 Å². The molecule has 0 spiro atoms. The largest absolute Gasteiger partial charge is 0.345 e. The van der Waals surface area contributed by atoms with Crippen LogP contribution >= 0.6 is 0 Å². The van der Waals surface area contributed by atoms with Crippen molar-refractivity contribution < 1.29 is 0 Å². The van der Waals surface area contributed by atoms with Gasteiger partial charge in [-0.05, 0) is 29.9 Å². The second kappa shape index (κ2) is 6.47. The number of fused-ring (bicyclic) bond motifs is 3. The zero-order chi connectivity index (χ0) is 19.3. The summed E-state index contributed by atoms with van der Waals surface area (Å²) in [6, 6.07) is 11.0. The fourth-order valence-corrected chi connectivity index (χ4v) is 4.59. The van der Waals surface area contributed by atoms with Crippen molar-refractivity contribution in [1.29, 1.82) is 0 Å². The number of benzene rings is 1. The molecule has 4 nitrogen and oxygen atoms in total. The minimum absolute atomic E-state index is 0.154. The summed E-state index contributed by atoms with van der Waals surface area (Å²) in [5, 5.41) is 0. The van der Waals surface area contributed by atoms with Crippen molar-refractivity contribution in [3.05, 3.63) is 54.1 Å². The normalized spacial score (nSPS) is 16.2. The van der Waals surface area contributed by atoms with Gasteiger partial charge in [-0.2, -0.15) is 0 Å². The van der Waals surface area contributed by atoms with Crippen LogP contribution in [0.15, 0.2) is 42.9 Å². The molecule has 144 valence electrons. The third-order valence-corrected chi connectivity index (χ3v) is 6.22. The third kappa shape index (κ3) is 2.83. The fourth-order valence-electron chi connectivity index (χ4n) is 4.59. The molecule has 1 N–H and O–H groups in total. The first-order chi connectivity index (χ1) is 13.5. The Morgan fingerprint density at radius 2 is 1.75 bits per heavy atom. The van der Waals surface area contributed by atoms with Crippen LogP contribution in [0.25, 0.3) is 27.9 Å². The monoisotopic (exact) mass is 372 g/mol. The summed E-state index contributed by atoms with van der Waals surface area (Å²) in [6.07, 6.45) is 10.3. The highest BCUT2D eigenvalue weighted by Crippen LogP contribution is 2.38. The van der Waals surface area contributed by atoms with Crippen LogP contribution in [0, 0.1) is 0 Å². The Balaban J connectivity index is 1.71. The maximum atomic E-state index is 5.09. The molecule has 1 aliphatic rings. The lowest BCUT2D eigenvalue weighted by Gasteiger charge is -2.22. The second-order valence-electron chi connectivity index (χ2n) is 9.18. The predicted molar refractivity (Wildman–Crippen MR) is 115 cm³/mol. The highest BCUT2D eigenvalue weighted by Gasteiger charge is 2.24. The number of hydrogen-bond donors (Lipinski definition) is 1. The zero-order valence-corrected chi connectivity index (χ0v) is 17.0. The number of aromatic nitrogens is 4. The number of nitrogens with zero attached hydrogens (tertiary/aromatic N) is 3. The number of H-pyrrole nitrogens is 1. The van der Waals surface area contributed by atoms with Gasteiger partial charge in [0.05, 0.1) is 22.4 Å². The summed E-state index contributed by atoms with van der Waals surface area (Å²) >= 11 is 0. The van der Waals surface area contributed by atoms with Gasteiger partial charge in [-0.3, -0.25) is 4.40 Å². The average molecular weight is 373 g/mol. The molecule has 0 atom stereocenters. The van der Waals surface area contributed by atoms with Crippen LogP contribution in [-0.2, 0) is 5.41 Å². The van der Waals surface area contributed by atoms with E-state index in [1.165, 1.54) is 54.4 Å². The van der Waals surface area contributed by atoms with Crippen LogP contribution in [0.4, 0.5) is 0 Å². The molecule has 1 fully saturated rings. The highest BCUT2D eigenvalue weighted by molar-refractivity contribution is 5.86. The van der Waals surface area contributed by atoms with E-state index in [1.807, 2.05) is 12.5 Å². The van der Waals surface area contributed by atoms with E-state index in [4.69, 9.17) is 9.97 Å². The molecule has 0 unspecified atom stereocenters. The van der Waals surface area contributed by atoms with Crippen LogP contribution in [0.2, 0.25) is 0 Å². The van der Waals surface area contributed by atoms with Crippen molar-refractivity contribution in [3.8, 4) is 11.3 Å². The quantitative estimate of drug-likeness (QED) is 0.454. The number of imidazole rings is 1. The van der Waals surface area contributed by atoms with Crippen LogP contribution in [0.1, 0.15) is 70.1 Å². The molecule has 0 radical (unpaired) electrons. The molecular weight excluding hydrogens is 344 g/mol. The Kier molecular flexibility index (Phi) is 4.04. The van der Waals surface area contributed by atoms with Crippen molar-refractivity contribution in [2.75, 3.05) is 0 Å². The van der Waals surface area contributed by atoms with Crippen molar-refractivity contribution >= 4 is 16.7 Å². The van der Waals surface area contributed by atoms with E-state index in [0.29, 0.717) is 5.92 Å². The molecule has 5 rings (SSSR count). The van der Waals surface area contributed by atoms with Gasteiger partial charge >= 0.3 is 0 Å². The van der Waals surface area contributed by atoms with E-state index >= 15 is 0 Å². The molecule has 3 heterocycles. The van der Waals surface area contributed by atoms with Crippen molar-refractivity contribution in [2.24, 2.45) is 0 Å². The standard InChI is InChI=1S/C24H28N4/c1-24(2,3)18-11-9-17(10-12-18)20-22-21(16-7-5-4-6-8-16)27-23-19(13-14-25-23)28(22)15-26-20/h9-16,25H,4-8H2,1-3H3. The molecule has 4 aromatic rings. The first-order valence-electron chi connectivity index (χ1n) is 10.5. The molecule has 4 heteroatoms. The number of aromatic amines is 1. The van der Waals surface area contributed by atoms with E-state index in [9.17, 15) is 0 Å². The topological polar surface area (TPSA) is 46.0 Å². The minimum Gasteiger partial charge on any atom is -0.345 e. The van der Waals surface area contributed by atoms with E-state index in [-0.39, 0.29) is 5.41 Å². The summed E-state index contributed by atoms with van der Waals surface area (Å²) in [5.41, 5.74) is 8.17. The van der Waals surface area contributed by atoms with Gasteiger partial charge in [-0.1, -0.05) is 64.3 Å². The zero-order valence-electron chi connectivity index (χ0n) is 17.0. The van der Waals surface area contributed by atoms with Crippen LogP contribution < -0.4 is 0 Å². The van der Waals surface area contributed by atoms with Gasteiger partial charge in [-0.25, -0.2) is 9.97 Å². The maximum absolute atomic E-state index is 5.09. The Bertz CT molecular complexity index is 1120. The molecule has 3 aromatic heterocycles. The minimum atomic E-state index is 0.154. The molecule has 0 saturated heterocycles. The summed E-state index contributed by atoms with van der Waals surface area (Å²) in [7, 11) is 0. The Morgan fingerprint density at radius 1 is 1.00 bits per heavy atom. The van der Waals surface area contributed by atoms with Gasteiger partial charge in [0.2, 0.25) is 0 Å². The smallest absolute Gasteiger partial charge is 0.154 e. The van der Waals surface area contributed by atoms with E-state index < -0.39 is 0 Å². The van der Waals surface area contributed by atoms with Gasteiger partial charge in [0.15, 0.2) is 5.65 Å². The predicted octanol–water partition coefficient (Wildman–Crippen LogP) is 6.22. The molecule has 0 bridgehead atoms. The van der Waals surface area contributed by atoms with Crippen LogP contribution in [0.5, 0.6) is 0 Å². The van der Waals surface area contributed by atoms with Gasteiger partial charge in [0.1, 0.15) is 6.33 Å². The number of nitrogens with one attached hydrogen (secondary N) is 1. The number of hydrogen-bond acceptors (Lipinski definition) is 2. The second-order valence-corrected chi connectivity index (χ2v) is 9.18. The Hall–Kier alpha value is -2.62. The third-order valence-electron chi connectivity index (χ3n) is 6.22. The van der Waals surface area contributed by atoms with Gasteiger partial charge in [0.25, 0.3) is 0 Å². The lowest BCUT2D eigenvalue weighted by Crippen LogP contribution is -2.10. The van der Waals surface area contributed by atoms with Crippen molar-refractivity contribution in [3.63, 3.8) is 0 Å². The van der Waals surface area contributed by atoms with Crippen LogP contribution in [-0.4, -0.2) is 19.4 Å². The van der Waals surface area contributed by atoms with Crippen molar-refractivity contribution in [2.45, 2.75) is 64.2 Å². The summed E-state index contributed by atoms with van der Waals surface area (Å²) < 4.78 is 2.23. The molecule has 0 aliphatic heterocycles. The molecule has 0 amide bonds. The molecule has 1 saturated carbocycles. The lowest BCUT2D eigenvalue weighted by atomic mass is 9.85. The molecule has 1 aromatic carbocycles. The number of rotatable bonds is 2. The first kappa shape index (κ1) is 17.5. The average Bonchev–Trinajstić information content (AvgIpc) is 3.34. The summed E-state index contributed by atoms with van der Waals surface area (Å²) in [6.45, 7) is 6.76. The van der Waals surface area contributed by atoms with Gasteiger partial charge < -0.3 is 4.98 Å². The van der Waals surface area contributed by atoms with Crippen molar-refractivity contribution in [1.82, 2.24) is 19.4 Å².